The Labute approximate surface area is 104 Å². The number of nitriles is 1. The number of phenols is 1. The SMILES string of the molecule is N#CC1CNNC1/N=C/c1cc(Cl)ccc1O. The molecule has 0 saturated carbocycles. The van der Waals surface area contributed by atoms with Crippen molar-refractivity contribution >= 4 is 17.8 Å². The zero-order valence-electron chi connectivity index (χ0n) is 8.89. The Morgan fingerprint density at radius 3 is 3.18 bits per heavy atom. The number of hydrazine groups is 1. The van der Waals surface area contributed by atoms with Crippen LogP contribution in [0.15, 0.2) is 23.2 Å². The lowest BCUT2D eigenvalue weighted by Crippen LogP contribution is -2.29. The van der Waals surface area contributed by atoms with Gasteiger partial charge in [-0.3, -0.25) is 10.4 Å². The summed E-state index contributed by atoms with van der Waals surface area (Å²) in [5.74, 6) is -0.106. The maximum Gasteiger partial charge on any atom is 0.129 e. The van der Waals surface area contributed by atoms with Crippen molar-refractivity contribution in [1.29, 1.82) is 5.26 Å². The molecule has 1 aliphatic heterocycles. The van der Waals surface area contributed by atoms with Crippen LogP contribution in [-0.2, 0) is 0 Å². The Hall–Kier alpha value is -1.61. The molecule has 6 heteroatoms. The number of phenolic OH excluding ortho intramolecular Hbond substituents is 1. The lowest BCUT2D eigenvalue weighted by Gasteiger charge is -2.06. The van der Waals surface area contributed by atoms with Gasteiger partial charge in [-0.15, -0.1) is 0 Å². The first kappa shape index (κ1) is 11.9. The highest BCUT2D eigenvalue weighted by Crippen LogP contribution is 2.20. The highest BCUT2D eigenvalue weighted by Gasteiger charge is 2.25. The number of nitrogens with one attached hydrogen (secondary N) is 2. The molecule has 1 aromatic carbocycles. The van der Waals surface area contributed by atoms with E-state index in [1.165, 1.54) is 12.3 Å². The van der Waals surface area contributed by atoms with Crippen LogP contribution in [0.3, 0.4) is 0 Å². The molecule has 1 aliphatic rings. The van der Waals surface area contributed by atoms with Crippen molar-refractivity contribution in [2.24, 2.45) is 10.9 Å². The van der Waals surface area contributed by atoms with E-state index in [1.54, 1.807) is 12.1 Å². The van der Waals surface area contributed by atoms with Gasteiger partial charge in [-0.2, -0.15) is 5.26 Å². The third-order valence-corrected chi connectivity index (χ3v) is 2.72. The second kappa shape index (κ2) is 5.15. The van der Waals surface area contributed by atoms with Gasteiger partial charge in [0.2, 0.25) is 0 Å². The summed E-state index contributed by atoms with van der Waals surface area (Å²) in [5, 5.41) is 19.0. The van der Waals surface area contributed by atoms with E-state index in [9.17, 15) is 5.11 Å². The van der Waals surface area contributed by atoms with Crippen LogP contribution in [0.1, 0.15) is 5.56 Å². The highest BCUT2D eigenvalue weighted by atomic mass is 35.5. The molecule has 17 heavy (non-hydrogen) atoms. The molecule has 0 aliphatic carbocycles. The van der Waals surface area contributed by atoms with Crippen molar-refractivity contribution in [2.75, 3.05) is 6.54 Å². The highest BCUT2D eigenvalue weighted by molar-refractivity contribution is 6.30. The Bertz CT molecular complexity index is 483. The molecule has 0 spiro atoms. The minimum atomic E-state index is -0.307. The number of nitrogens with zero attached hydrogens (tertiary/aromatic N) is 2. The summed E-state index contributed by atoms with van der Waals surface area (Å²) in [6.45, 7) is 0.556. The van der Waals surface area contributed by atoms with Crippen LogP contribution >= 0.6 is 11.6 Å². The van der Waals surface area contributed by atoms with Crippen molar-refractivity contribution < 1.29 is 5.11 Å². The molecule has 0 aromatic heterocycles. The summed E-state index contributed by atoms with van der Waals surface area (Å²) in [4.78, 5) is 4.21. The third-order valence-electron chi connectivity index (χ3n) is 2.48. The lowest BCUT2D eigenvalue weighted by atomic mass is 10.1. The molecule has 1 fully saturated rings. The molecule has 1 heterocycles. The summed E-state index contributed by atoms with van der Waals surface area (Å²) >= 11 is 5.82. The largest absolute Gasteiger partial charge is 0.507 e. The van der Waals surface area contributed by atoms with E-state index in [0.717, 1.165) is 0 Å². The first-order chi connectivity index (χ1) is 8.20. The number of rotatable bonds is 2. The van der Waals surface area contributed by atoms with E-state index in [1.807, 2.05) is 0 Å². The minimum absolute atomic E-state index is 0.109. The van der Waals surface area contributed by atoms with Crippen molar-refractivity contribution in [3.05, 3.63) is 28.8 Å². The zero-order chi connectivity index (χ0) is 12.3. The van der Waals surface area contributed by atoms with Gasteiger partial charge >= 0.3 is 0 Å². The summed E-state index contributed by atoms with van der Waals surface area (Å²) in [7, 11) is 0. The first-order valence-corrected chi connectivity index (χ1v) is 5.48. The molecule has 2 atom stereocenters. The normalized spacial score (nSPS) is 24.0. The number of halogens is 1. The standard InChI is InChI=1S/C11H11ClN4O/c12-9-1-2-10(17)7(3-9)5-14-11-8(4-13)6-15-16-11/h1-3,5,8,11,15-17H,6H2/b14-5+. The quantitative estimate of drug-likeness (QED) is 0.685. The predicted molar refractivity (Wildman–Crippen MR) is 64.7 cm³/mol. The number of hydrogen-bond donors (Lipinski definition) is 3. The van der Waals surface area contributed by atoms with Gasteiger partial charge in [-0.25, -0.2) is 5.43 Å². The second-order valence-electron chi connectivity index (χ2n) is 3.69. The van der Waals surface area contributed by atoms with Crippen LogP contribution < -0.4 is 10.9 Å². The molecule has 2 unspecified atom stereocenters. The average Bonchev–Trinajstić information content (AvgIpc) is 2.77. The van der Waals surface area contributed by atoms with Gasteiger partial charge in [-0.1, -0.05) is 11.6 Å². The van der Waals surface area contributed by atoms with Crippen LogP contribution in [0.25, 0.3) is 0 Å². The molecule has 2 rings (SSSR count). The Kier molecular flexibility index (Phi) is 3.59. The monoisotopic (exact) mass is 250 g/mol. The molecule has 0 radical (unpaired) electrons. The van der Waals surface area contributed by atoms with E-state index >= 15 is 0 Å². The molecule has 0 amide bonds. The van der Waals surface area contributed by atoms with Gasteiger partial charge in [0.1, 0.15) is 11.9 Å². The van der Waals surface area contributed by atoms with E-state index in [4.69, 9.17) is 16.9 Å². The Balaban J connectivity index is 2.15. The summed E-state index contributed by atoms with van der Waals surface area (Å²) in [6.07, 6.45) is 1.20. The molecule has 1 saturated heterocycles. The number of benzene rings is 1. The molecule has 0 bridgehead atoms. The van der Waals surface area contributed by atoms with Crippen molar-refractivity contribution in [3.63, 3.8) is 0 Å². The van der Waals surface area contributed by atoms with E-state index < -0.39 is 0 Å². The van der Waals surface area contributed by atoms with E-state index in [0.29, 0.717) is 17.1 Å². The third kappa shape index (κ3) is 2.74. The molecule has 88 valence electrons. The first-order valence-electron chi connectivity index (χ1n) is 5.10. The summed E-state index contributed by atoms with van der Waals surface area (Å²) in [6, 6.07) is 6.87. The smallest absolute Gasteiger partial charge is 0.129 e. The number of aliphatic imine (C=N–C) groups is 1. The molecule has 3 N–H and O–H groups in total. The fourth-order valence-electron chi connectivity index (χ4n) is 1.53. The maximum atomic E-state index is 9.58. The Morgan fingerprint density at radius 2 is 2.41 bits per heavy atom. The number of aromatic hydroxyl groups is 1. The topological polar surface area (TPSA) is 80.4 Å². The molecular weight excluding hydrogens is 240 g/mol. The average molecular weight is 251 g/mol. The fourth-order valence-corrected chi connectivity index (χ4v) is 1.71. The minimum Gasteiger partial charge on any atom is -0.507 e. The van der Waals surface area contributed by atoms with E-state index in [2.05, 4.69) is 21.9 Å². The zero-order valence-corrected chi connectivity index (χ0v) is 9.65. The molecule has 1 aromatic rings. The molecular formula is C11H11ClN4O. The van der Waals surface area contributed by atoms with Crippen LogP contribution in [0.4, 0.5) is 0 Å². The van der Waals surface area contributed by atoms with Gasteiger partial charge in [0.15, 0.2) is 0 Å². The lowest BCUT2D eigenvalue weighted by molar-refractivity contribution is 0.474. The Morgan fingerprint density at radius 1 is 1.59 bits per heavy atom. The number of hydrogen-bond acceptors (Lipinski definition) is 5. The van der Waals surface area contributed by atoms with Gasteiger partial charge in [0.25, 0.3) is 0 Å². The predicted octanol–water partition coefficient (Wildman–Crippen LogP) is 1.04. The van der Waals surface area contributed by atoms with Crippen molar-refractivity contribution in [2.45, 2.75) is 6.17 Å². The maximum absolute atomic E-state index is 9.58. The van der Waals surface area contributed by atoms with Gasteiger partial charge in [0, 0.05) is 23.3 Å². The second-order valence-corrected chi connectivity index (χ2v) is 4.12. The van der Waals surface area contributed by atoms with E-state index in [-0.39, 0.29) is 17.8 Å². The van der Waals surface area contributed by atoms with Crippen LogP contribution in [0, 0.1) is 17.2 Å². The summed E-state index contributed by atoms with van der Waals surface area (Å²) in [5.41, 5.74) is 6.27. The van der Waals surface area contributed by atoms with Crippen molar-refractivity contribution in [3.8, 4) is 11.8 Å². The van der Waals surface area contributed by atoms with Crippen molar-refractivity contribution in [1.82, 2.24) is 10.9 Å². The van der Waals surface area contributed by atoms with Crippen LogP contribution in [-0.4, -0.2) is 24.0 Å². The fraction of sp³-hybridized carbons (Fsp3) is 0.273. The van der Waals surface area contributed by atoms with Crippen LogP contribution in [0.5, 0.6) is 5.75 Å². The molecule has 5 nitrogen and oxygen atoms in total. The van der Waals surface area contributed by atoms with Gasteiger partial charge in [0.05, 0.1) is 12.0 Å². The van der Waals surface area contributed by atoms with Gasteiger partial charge in [-0.05, 0) is 18.2 Å². The van der Waals surface area contributed by atoms with Crippen LogP contribution in [0.2, 0.25) is 5.02 Å². The van der Waals surface area contributed by atoms with Gasteiger partial charge < -0.3 is 5.11 Å². The summed E-state index contributed by atoms with van der Waals surface area (Å²) < 4.78 is 0.